The van der Waals surface area contributed by atoms with E-state index in [4.69, 9.17) is 0 Å². The number of aliphatic hydroxyl groups excluding tert-OH is 1. The molecule has 0 saturated heterocycles. The van der Waals surface area contributed by atoms with Gasteiger partial charge in [-0.05, 0) is 55.7 Å². The third-order valence-corrected chi connectivity index (χ3v) is 7.48. The predicted octanol–water partition coefficient (Wildman–Crippen LogP) is 3.20. The predicted molar refractivity (Wildman–Crippen MR) is 114 cm³/mol. The van der Waals surface area contributed by atoms with Gasteiger partial charge in [0.15, 0.2) is 0 Å². The minimum Gasteiger partial charge on any atom is -0.391 e. The SMILES string of the molecule is Cc1cc(C(=O)N(C)[C@@H]2CCCC[C@H]2O)ccc1N(C)S(=O)(=O)c1ccccc1. The van der Waals surface area contributed by atoms with Gasteiger partial charge in [0.2, 0.25) is 0 Å². The van der Waals surface area contributed by atoms with Gasteiger partial charge >= 0.3 is 0 Å². The van der Waals surface area contributed by atoms with Crippen molar-refractivity contribution >= 4 is 21.6 Å². The Morgan fingerprint density at radius 3 is 2.31 bits per heavy atom. The number of carbonyl (C=O) groups excluding carboxylic acids is 1. The number of anilines is 1. The lowest BCUT2D eigenvalue weighted by Gasteiger charge is -2.35. The molecule has 0 unspecified atom stereocenters. The lowest BCUT2D eigenvalue weighted by atomic mass is 9.91. The van der Waals surface area contributed by atoms with Gasteiger partial charge in [-0.2, -0.15) is 0 Å². The summed E-state index contributed by atoms with van der Waals surface area (Å²) in [6.07, 6.45) is 2.98. The highest BCUT2D eigenvalue weighted by Gasteiger charge is 2.30. The average molecular weight is 417 g/mol. The van der Waals surface area contributed by atoms with Crippen molar-refractivity contribution in [3.63, 3.8) is 0 Å². The Balaban J connectivity index is 1.84. The number of carbonyl (C=O) groups is 1. The normalized spacial score (nSPS) is 19.6. The van der Waals surface area contributed by atoms with Crippen molar-refractivity contribution in [1.82, 2.24) is 4.90 Å². The van der Waals surface area contributed by atoms with Crippen molar-refractivity contribution < 1.29 is 18.3 Å². The number of hydrogen-bond donors (Lipinski definition) is 1. The lowest BCUT2D eigenvalue weighted by molar-refractivity contribution is 0.0268. The molecule has 2 atom stereocenters. The summed E-state index contributed by atoms with van der Waals surface area (Å²) in [7, 11) is -0.454. The quantitative estimate of drug-likeness (QED) is 0.812. The van der Waals surface area contributed by atoms with E-state index in [0.717, 1.165) is 19.3 Å². The molecule has 6 nitrogen and oxygen atoms in total. The van der Waals surface area contributed by atoms with Crippen LogP contribution in [0.15, 0.2) is 53.4 Å². The van der Waals surface area contributed by atoms with Crippen molar-refractivity contribution in [3.8, 4) is 0 Å². The van der Waals surface area contributed by atoms with E-state index in [2.05, 4.69) is 0 Å². The van der Waals surface area contributed by atoms with Crippen LogP contribution in [-0.2, 0) is 10.0 Å². The summed E-state index contributed by atoms with van der Waals surface area (Å²) in [6, 6.07) is 13.1. The number of sulfonamides is 1. The minimum absolute atomic E-state index is 0.167. The number of hydrogen-bond acceptors (Lipinski definition) is 4. The molecule has 0 aromatic heterocycles. The molecule has 1 N–H and O–H groups in total. The van der Waals surface area contributed by atoms with Crippen LogP contribution in [-0.4, -0.2) is 50.6 Å². The molecule has 2 aromatic carbocycles. The van der Waals surface area contributed by atoms with E-state index in [0.29, 0.717) is 23.2 Å². The third-order valence-electron chi connectivity index (χ3n) is 5.70. The molecular weight excluding hydrogens is 388 g/mol. The smallest absolute Gasteiger partial charge is 0.264 e. The van der Waals surface area contributed by atoms with Gasteiger partial charge in [-0.15, -0.1) is 0 Å². The molecule has 2 aromatic rings. The van der Waals surface area contributed by atoms with Crippen LogP contribution in [0.5, 0.6) is 0 Å². The zero-order valence-electron chi connectivity index (χ0n) is 17.1. The Kier molecular flexibility index (Phi) is 6.29. The Morgan fingerprint density at radius 2 is 1.69 bits per heavy atom. The van der Waals surface area contributed by atoms with Crippen LogP contribution in [0, 0.1) is 6.92 Å². The first kappa shape index (κ1) is 21.3. The maximum atomic E-state index is 12.9. The van der Waals surface area contributed by atoms with E-state index in [1.54, 1.807) is 67.4 Å². The first-order valence-electron chi connectivity index (χ1n) is 9.83. The second-order valence-corrected chi connectivity index (χ2v) is 9.59. The van der Waals surface area contributed by atoms with Crippen LogP contribution in [0.4, 0.5) is 5.69 Å². The molecule has 0 aliphatic heterocycles. The van der Waals surface area contributed by atoms with E-state index in [1.807, 2.05) is 0 Å². The summed E-state index contributed by atoms with van der Waals surface area (Å²) >= 11 is 0. The van der Waals surface area contributed by atoms with Crippen LogP contribution in [0.1, 0.15) is 41.6 Å². The molecule has 0 spiro atoms. The molecule has 1 amide bonds. The molecule has 1 fully saturated rings. The maximum absolute atomic E-state index is 12.9. The number of aryl methyl sites for hydroxylation is 1. The van der Waals surface area contributed by atoms with Gasteiger partial charge in [0.05, 0.1) is 22.7 Å². The topological polar surface area (TPSA) is 77.9 Å². The van der Waals surface area contributed by atoms with E-state index < -0.39 is 16.1 Å². The molecule has 0 heterocycles. The highest BCUT2D eigenvalue weighted by molar-refractivity contribution is 7.92. The van der Waals surface area contributed by atoms with E-state index in [1.165, 1.54) is 11.4 Å². The second-order valence-electron chi connectivity index (χ2n) is 7.62. The van der Waals surface area contributed by atoms with Gasteiger partial charge in [-0.25, -0.2) is 8.42 Å². The summed E-state index contributed by atoms with van der Waals surface area (Å²) in [6.45, 7) is 1.79. The van der Waals surface area contributed by atoms with Gasteiger partial charge in [-0.3, -0.25) is 9.10 Å². The van der Waals surface area contributed by atoms with Crippen molar-refractivity contribution in [1.29, 1.82) is 0 Å². The van der Waals surface area contributed by atoms with E-state index in [9.17, 15) is 18.3 Å². The lowest BCUT2D eigenvalue weighted by Crippen LogP contribution is -2.46. The van der Waals surface area contributed by atoms with Gasteiger partial charge in [0.25, 0.3) is 15.9 Å². The summed E-state index contributed by atoms with van der Waals surface area (Å²) in [4.78, 5) is 14.8. The van der Waals surface area contributed by atoms with Crippen molar-refractivity contribution in [2.24, 2.45) is 0 Å². The monoisotopic (exact) mass is 416 g/mol. The van der Waals surface area contributed by atoms with Gasteiger partial charge in [0.1, 0.15) is 0 Å². The molecular formula is C22H28N2O4S. The van der Waals surface area contributed by atoms with Crippen LogP contribution in [0.25, 0.3) is 0 Å². The Bertz CT molecular complexity index is 976. The molecule has 1 saturated carbocycles. The Morgan fingerprint density at radius 1 is 1.03 bits per heavy atom. The molecule has 1 aliphatic carbocycles. The number of amides is 1. The van der Waals surface area contributed by atoms with Gasteiger partial charge in [0, 0.05) is 19.7 Å². The average Bonchev–Trinajstić information content (AvgIpc) is 2.73. The number of aliphatic hydroxyl groups is 1. The second kappa shape index (κ2) is 8.55. The van der Waals surface area contributed by atoms with E-state index in [-0.39, 0.29) is 16.8 Å². The fourth-order valence-electron chi connectivity index (χ4n) is 3.92. The Hall–Kier alpha value is -2.38. The maximum Gasteiger partial charge on any atom is 0.264 e. The molecule has 29 heavy (non-hydrogen) atoms. The number of rotatable bonds is 5. The van der Waals surface area contributed by atoms with Crippen LogP contribution < -0.4 is 4.31 Å². The molecule has 3 rings (SSSR count). The number of benzene rings is 2. The Labute approximate surface area is 172 Å². The highest BCUT2D eigenvalue weighted by atomic mass is 32.2. The molecule has 7 heteroatoms. The minimum atomic E-state index is -3.68. The fraction of sp³-hybridized carbons (Fsp3) is 0.409. The standard InChI is InChI=1S/C22H28N2O4S/c1-16-15-17(22(26)23(2)20-11-7-8-12-21(20)25)13-14-19(16)24(3)29(27,28)18-9-5-4-6-10-18/h4-6,9-10,13-15,20-21,25H,7-8,11-12H2,1-3H3/t20-,21-/m1/s1. The zero-order chi connectivity index (χ0) is 21.2. The summed E-state index contributed by atoms with van der Waals surface area (Å²) in [5.74, 6) is -0.167. The van der Waals surface area contributed by atoms with Crippen molar-refractivity contribution in [3.05, 3.63) is 59.7 Å². The zero-order valence-corrected chi connectivity index (χ0v) is 17.9. The largest absolute Gasteiger partial charge is 0.391 e. The fourth-order valence-corrected chi connectivity index (χ4v) is 5.20. The number of likely N-dealkylation sites (N-methyl/N-ethyl adjacent to an activating group) is 1. The van der Waals surface area contributed by atoms with Crippen LogP contribution >= 0.6 is 0 Å². The molecule has 156 valence electrons. The molecule has 0 bridgehead atoms. The van der Waals surface area contributed by atoms with Crippen molar-refractivity contribution in [2.45, 2.75) is 49.6 Å². The van der Waals surface area contributed by atoms with Gasteiger partial charge < -0.3 is 10.0 Å². The van der Waals surface area contributed by atoms with Crippen LogP contribution in [0.3, 0.4) is 0 Å². The van der Waals surface area contributed by atoms with Crippen molar-refractivity contribution in [2.75, 3.05) is 18.4 Å². The number of nitrogens with zero attached hydrogens (tertiary/aromatic N) is 2. The highest BCUT2D eigenvalue weighted by Crippen LogP contribution is 2.28. The molecule has 0 radical (unpaired) electrons. The summed E-state index contributed by atoms with van der Waals surface area (Å²) in [5.41, 5.74) is 1.69. The molecule has 1 aliphatic rings. The summed E-state index contributed by atoms with van der Waals surface area (Å²) < 4.78 is 27.0. The summed E-state index contributed by atoms with van der Waals surface area (Å²) in [5, 5.41) is 10.2. The first-order chi connectivity index (χ1) is 13.7. The first-order valence-corrected chi connectivity index (χ1v) is 11.3. The van der Waals surface area contributed by atoms with Gasteiger partial charge in [-0.1, -0.05) is 31.0 Å². The van der Waals surface area contributed by atoms with E-state index >= 15 is 0 Å². The van der Waals surface area contributed by atoms with Crippen LogP contribution in [0.2, 0.25) is 0 Å². The third kappa shape index (κ3) is 4.31.